The predicted octanol–water partition coefficient (Wildman–Crippen LogP) is 3.86. The Bertz CT molecular complexity index is 578. The molecule has 1 aromatic carbocycles. The molecule has 1 N–H and O–H groups in total. The molecule has 1 aliphatic heterocycles. The summed E-state index contributed by atoms with van der Waals surface area (Å²) >= 11 is 0. The van der Waals surface area contributed by atoms with Gasteiger partial charge < -0.3 is 10.2 Å². The first-order valence-electron chi connectivity index (χ1n) is 9.85. The fraction of sp³-hybridized carbons (Fsp3) is 0.619. The first kappa shape index (κ1) is 20.4. The molecule has 144 valence electrons. The Morgan fingerprint density at radius 1 is 1.08 bits per heavy atom. The zero-order chi connectivity index (χ0) is 18.9. The van der Waals surface area contributed by atoms with E-state index in [1.165, 1.54) is 18.6 Å². The van der Waals surface area contributed by atoms with Gasteiger partial charge in [0.25, 0.3) is 0 Å². The molecule has 0 radical (unpaired) electrons. The largest absolute Gasteiger partial charge is 0.347 e. The molecule has 0 saturated carbocycles. The van der Waals surface area contributed by atoms with Crippen molar-refractivity contribution < 1.29 is 14.0 Å². The number of halogens is 1. The molecular formula is C21H31FN2O2. The molecular weight excluding hydrogens is 331 g/mol. The standard InChI is InChI=1S/C21H31FN2O2/c1-3-16(4-2)19(17-8-10-18(22)11-9-17)14-20(25)23-15-21(26)24-12-6-5-7-13-24/h8-11,16,19H,3-7,12-15H2,1-2H3,(H,23,25). The van der Waals surface area contributed by atoms with Crippen molar-refractivity contribution in [2.75, 3.05) is 19.6 Å². The average Bonchev–Trinajstić information content (AvgIpc) is 2.67. The lowest BCUT2D eigenvalue weighted by atomic mass is 9.80. The molecule has 0 bridgehead atoms. The number of piperidine rings is 1. The van der Waals surface area contributed by atoms with Crippen molar-refractivity contribution in [1.29, 1.82) is 0 Å². The van der Waals surface area contributed by atoms with Gasteiger partial charge in [-0.3, -0.25) is 9.59 Å². The zero-order valence-corrected chi connectivity index (χ0v) is 16.0. The Hall–Kier alpha value is -1.91. The van der Waals surface area contributed by atoms with Crippen molar-refractivity contribution in [2.45, 2.75) is 58.3 Å². The Morgan fingerprint density at radius 2 is 1.69 bits per heavy atom. The highest BCUT2D eigenvalue weighted by atomic mass is 19.1. The Balaban J connectivity index is 1.94. The lowest BCUT2D eigenvalue weighted by Gasteiger charge is -2.27. The monoisotopic (exact) mass is 362 g/mol. The van der Waals surface area contributed by atoms with Crippen molar-refractivity contribution in [3.8, 4) is 0 Å². The van der Waals surface area contributed by atoms with Crippen LogP contribution in [0.4, 0.5) is 4.39 Å². The minimum Gasteiger partial charge on any atom is -0.347 e. The van der Waals surface area contributed by atoms with E-state index in [9.17, 15) is 14.0 Å². The second kappa shape index (κ2) is 10.3. The average molecular weight is 362 g/mol. The molecule has 0 aromatic heterocycles. The van der Waals surface area contributed by atoms with Crippen LogP contribution in [0.1, 0.15) is 63.9 Å². The molecule has 2 amide bonds. The Kier molecular flexibility index (Phi) is 8.07. The fourth-order valence-corrected chi connectivity index (χ4v) is 3.83. The van der Waals surface area contributed by atoms with Crippen LogP contribution >= 0.6 is 0 Å². The highest BCUT2D eigenvalue weighted by molar-refractivity contribution is 5.85. The highest BCUT2D eigenvalue weighted by Gasteiger charge is 2.24. The van der Waals surface area contributed by atoms with Crippen molar-refractivity contribution in [1.82, 2.24) is 10.2 Å². The number of rotatable bonds is 8. The minimum atomic E-state index is -0.270. The molecule has 26 heavy (non-hydrogen) atoms. The number of hydrogen-bond acceptors (Lipinski definition) is 2. The van der Waals surface area contributed by atoms with E-state index in [2.05, 4.69) is 19.2 Å². The van der Waals surface area contributed by atoms with Gasteiger partial charge in [0.15, 0.2) is 0 Å². The van der Waals surface area contributed by atoms with E-state index in [1.807, 2.05) is 4.90 Å². The Labute approximate surface area is 156 Å². The first-order chi connectivity index (χ1) is 12.5. The van der Waals surface area contributed by atoms with Gasteiger partial charge in [-0.1, -0.05) is 38.8 Å². The molecule has 1 heterocycles. The SMILES string of the molecule is CCC(CC)C(CC(=O)NCC(=O)N1CCCCC1)c1ccc(F)cc1. The molecule has 0 spiro atoms. The normalized spacial score (nSPS) is 15.8. The van der Waals surface area contributed by atoms with Gasteiger partial charge >= 0.3 is 0 Å². The van der Waals surface area contributed by atoms with Gasteiger partial charge in [-0.2, -0.15) is 0 Å². The second-order valence-corrected chi connectivity index (χ2v) is 7.16. The lowest BCUT2D eigenvalue weighted by Crippen LogP contribution is -2.42. The third-order valence-corrected chi connectivity index (χ3v) is 5.47. The van der Waals surface area contributed by atoms with Gasteiger partial charge in [0, 0.05) is 19.5 Å². The third-order valence-electron chi connectivity index (χ3n) is 5.47. The van der Waals surface area contributed by atoms with Crippen molar-refractivity contribution in [2.24, 2.45) is 5.92 Å². The molecule has 1 unspecified atom stereocenters. The van der Waals surface area contributed by atoms with Gasteiger partial charge in [0.05, 0.1) is 6.54 Å². The topological polar surface area (TPSA) is 49.4 Å². The molecule has 0 aliphatic carbocycles. The number of hydrogen-bond donors (Lipinski definition) is 1. The number of carbonyl (C=O) groups excluding carboxylic acids is 2. The third kappa shape index (κ3) is 5.82. The van der Waals surface area contributed by atoms with Gasteiger partial charge in [0.1, 0.15) is 5.82 Å². The summed E-state index contributed by atoms with van der Waals surface area (Å²) in [4.78, 5) is 26.5. The van der Waals surface area contributed by atoms with Gasteiger partial charge in [-0.15, -0.1) is 0 Å². The quantitative estimate of drug-likeness (QED) is 0.763. The van der Waals surface area contributed by atoms with Crippen molar-refractivity contribution >= 4 is 11.8 Å². The maximum atomic E-state index is 13.2. The molecule has 5 heteroatoms. The molecule has 1 atom stereocenters. The van der Waals surface area contributed by atoms with E-state index in [1.54, 1.807) is 12.1 Å². The summed E-state index contributed by atoms with van der Waals surface area (Å²) in [5.74, 6) is 0.00354. The van der Waals surface area contributed by atoms with Crippen LogP contribution in [0.5, 0.6) is 0 Å². The number of nitrogens with one attached hydrogen (secondary N) is 1. The lowest BCUT2D eigenvalue weighted by molar-refractivity contribution is -0.133. The van der Waals surface area contributed by atoms with E-state index in [0.717, 1.165) is 44.3 Å². The van der Waals surface area contributed by atoms with Crippen molar-refractivity contribution in [3.63, 3.8) is 0 Å². The Morgan fingerprint density at radius 3 is 2.27 bits per heavy atom. The van der Waals surface area contributed by atoms with Crippen LogP contribution in [0, 0.1) is 11.7 Å². The molecule has 1 saturated heterocycles. The summed E-state index contributed by atoms with van der Waals surface area (Å²) in [6, 6.07) is 6.43. The maximum absolute atomic E-state index is 13.2. The van der Waals surface area contributed by atoms with E-state index in [-0.39, 0.29) is 30.1 Å². The van der Waals surface area contributed by atoms with E-state index >= 15 is 0 Å². The van der Waals surface area contributed by atoms with Crippen LogP contribution in [0.15, 0.2) is 24.3 Å². The van der Waals surface area contributed by atoms with Gasteiger partial charge in [0.2, 0.25) is 11.8 Å². The number of carbonyl (C=O) groups is 2. The maximum Gasteiger partial charge on any atom is 0.241 e. The summed E-state index contributed by atoms with van der Waals surface area (Å²) in [5.41, 5.74) is 0.984. The van der Waals surface area contributed by atoms with Crippen molar-refractivity contribution in [3.05, 3.63) is 35.6 Å². The van der Waals surface area contributed by atoms with Crippen LogP contribution in [-0.2, 0) is 9.59 Å². The van der Waals surface area contributed by atoms with Crippen LogP contribution in [0.2, 0.25) is 0 Å². The van der Waals surface area contributed by atoms with E-state index < -0.39 is 0 Å². The summed E-state index contributed by atoms with van der Waals surface area (Å²) < 4.78 is 13.2. The number of nitrogens with zero attached hydrogens (tertiary/aromatic N) is 1. The van der Waals surface area contributed by atoms with E-state index in [4.69, 9.17) is 0 Å². The van der Waals surface area contributed by atoms with Crippen LogP contribution in [0.25, 0.3) is 0 Å². The molecule has 1 aromatic rings. The fourth-order valence-electron chi connectivity index (χ4n) is 3.83. The van der Waals surface area contributed by atoms with E-state index in [0.29, 0.717) is 12.3 Å². The predicted molar refractivity (Wildman–Crippen MR) is 101 cm³/mol. The zero-order valence-electron chi connectivity index (χ0n) is 16.0. The smallest absolute Gasteiger partial charge is 0.241 e. The minimum absolute atomic E-state index is 0.00100. The second-order valence-electron chi connectivity index (χ2n) is 7.16. The summed E-state index contributed by atoms with van der Waals surface area (Å²) in [6.07, 6.45) is 5.50. The molecule has 1 fully saturated rings. The van der Waals surface area contributed by atoms with Gasteiger partial charge in [-0.25, -0.2) is 4.39 Å². The first-order valence-corrected chi connectivity index (χ1v) is 9.85. The number of likely N-dealkylation sites (tertiary alicyclic amines) is 1. The van der Waals surface area contributed by atoms with Crippen LogP contribution in [-0.4, -0.2) is 36.3 Å². The van der Waals surface area contributed by atoms with Gasteiger partial charge in [-0.05, 0) is 48.8 Å². The molecule has 1 aliphatic rings. The molecule has 4 nitrogen and oxygen atoms in total. The van der Waals surface area contributed by atoms with Crippen LogP contribution < -0.4 is 5.32 Å². The van der Waals surface area contributed by atoms with Crippen LogP contribution in [0.3, 0.4) is 0 Å². The highest BCUT2D eigenvalue weighted by Crippen LogP contribution is 2.32. The number of amides is 2. The summed E-state index contributed by atoms with van der Waals surface area (Å²) in [7, 11) is 0. The molecule has 2 rings (SSSR count). The number of benzene rings is 1. The summed E-state index contributed by atoms with van der Waals surface area (Å²) in [5, 5.41) is 2.79. The summed E-state index contributed by atoms with van der Waals surface area (Å²) in [6.45, 7) is 5.88.